The molecule has 0 aliphatic heterocycles. The standard InChI is InChI=1S/C22H33NO3S.Na/c1-18(11-12-21-20(3)10-7-14-22(21,4)5)8-6-9-19(2)13-15-23-16-17-27(24,25)26;/h6,8-9,11-13,15H,7,10,14,16-17H2,1-5H3,(H,24,25,26);/q;+1/p-1/b9-6+,12-11+,18-8+,19-13+,23-15?;. The molecular weight excluding hydrogens is 381 g/mol. The zero-order valence-corrected chi connectivity index (χ0v) is 21.0. The molecule has 0 spiro atoms. The van der Waals surface area contributed by atoms with Crippen molar-refractivity contribution in [3.63, 3.8) is 0 Å². The van der Waals surface area contributed by atoms with E-state index in [-0.39, 0.29) is 41.5 Å². The summed E-state index contributed by atoms with van der Waals surface area (Å²) in [5.74, 6) is -0.465. The van der Waals surface area contributed by atoms with Gasteiger partial charge in [-0.05, 0) is 62.7 Å². The van der Waals surface area contributed by atoms with Crippen molar-refractivity contribution in [2.45, 2.75) is 53.9 Å². The molecule has 28 heavy (non-hydrogen) atoms. The smallest absolute Gasteiger partial charge is 0.748 e. The van der Waals surface area contributed by atoms with Crippen LogP contribution >= 0.6 is 0 Å². The van der Waals surface area contributed by atoms with Crippen LogP contribution in [0.1, 0.15) is 53.9 Å². The summed E-state index contributed by atoms with van der Waals surface area (Å²) in [5.41, 5.74) is 5.37. The van der Waals surface area contributed by atoms with Crippen molar-refractivity contribution in [3.05, 3.63) is 58.7 Å². The maximum atomic E-state index is 10.5. The van der Waals surface area contributed by atoms with E-state index in [2.05, 4.69) is 50.9 Å². The summed E-state index contributed by atoms with van der Waals surface area (Å²) in [6.07, 6.45) is 17.4. The molecule has 1 rings (SSSR count). The molecular formula is C22H32NNaO3S. The molecule has 0 aromatic rings. The Morgan fingerprint density at radius 2 is 1.82 bits per heavy atom. The Kier molecular flexibility index (Phi) is 12.4. The molecule has 150 valence electrons. The normalized spacial score (nSPS) is 19.1. The van der Waals surface area contributed by atoms with Gasteiger partial charge in [-0.1, -0.05) is 55.4 Å². The van der Waals surface area contributed by atoms with Gasteiger partial charge in [-0.2, -0.15) is 0 Å². The number of rotatable bonds is 8. The topological polar surface area (TPSA) is 69.6 Å². The van der Waals surface area contributed by atoms with Gasteiger partial charge in [0, 0.05) is 6.21 Å². The molecule has 0 radical (unpaired) electrons. The van der Waals surface area contributed by atoms with Crippen molar-refractivity contribution >= 4 is 16.3 Å². The van der Waals surface area contributed by atoms with Gasteiger partial charge in [-0.25, -0.2) is 8.42 Å². The van der Waals surface area contributed by atoms with Crippen LogP contribution in [0.4, 0.5) is 0 Å². The predicted molar refractivity (Wildman–Crippen MR) is 114 cm³/mol. The van der Waals surface area contributed by atoms with Gasteiger partial charge in [-0.3, -0.25) is 4.99 Å². The van der Waals surface area contributed by atoms with E-state index in [0.717, 1.165) is 5.57 Å². The van der Waals surface area contributed by atoms with E-state index >= 15 is 0 Å². The van der Waals surface area contributed by atoms with Gasteiger partial charge in [0.2, 0.25) is 0 Å². The molecule has 0 unspecified atom stereocenters. The maximum absolute atomic E-state index is 10.5. The average Bonchev–Trinajstić information content (AvgIpc) is 2.52. The zero-order valence-electron chi connectivity index (χ0n) is 18.2. The van der Waals surface area contributed by atoms with E-state index in [1.807, 2.05) is 19.1 Å². The Morgan fingerprint density at radius 1 is 1.18 bits per heavy atom. The minimum absolute atomic E-state index is 0. The molecule has 0 saturated heterocycles. The Labute approximate surface area is 193 Å². The number of aliphatic imine (C=N–C) groups is 1. The van der Waals surface area contributed by atoms with Gasteiger partial charge in [0.05, 0.1) is 22.4 Å². The first-order valence-electron chi connectivity index (χ1n) is 9.35. The van der Waals surface area contributed by atoms with E-state index in [4.69, 9.17) is 0 Å². The minimum atomic E-state index is -4.19. The molecule has 4 nitrogen and oxygen atoms in total. The molecule has 0 aromatic heterocycles. The maximum Gasteiger partial charge on any atom is 1.00 e. The molecule has 0 fully saturated rings. The van der Waals surface area contributed by atoms with Gasteiger partial charge >= 0.3 is 29.6 Å². The number of nitrogens with zero attached hydrogens (tertiary/aromatic N) is 1. The van der Waals surface area contributed by atoms with Crippen LogP contribution in [0.5, 0.6) is 0 Å². The molecule has 0 aromatic carbocycles. The summed E-state index contributed by atoms with van der Waals surface area (Å²) in [5, 5.41) is 0. The largest absolute Gasteiger partial charge is 1.00 e. The average molecular weight is 414 g/mol. The van der Waals surface area contributed by atoms with Gasteiger partial charge < -0.3 is 4.55 Å². The van der Waals surface area contributed by atoms with Crippen LogP contribution in [0.2, 0.25) is 0 Å². The Hall–Kier alpha value is -0.720. The first kappa shape index (κ1) is 27.3. The fourth-order valence-electron chi connectivity index (χ4n) is 3.10. The first-order valence-corrected chi connectivity index (χ1v) is 10.9. The van der Waals surface area contributed by atoms with Gasteiger partial charge in [0.15, 0.2) is 0 Å². The molecule has 1 aliphatic carbocycles. The van der Waals surface area contributed by atoms with E-state index in [1.54, 1.807) is 6.08 Å². The fourth-order valence-corrected chi connectivity index (χ4v) is 3.43. The molecule has 0 N–H and O–H groups in total. The van der Waals surface area contributed by atoms with E-state index in [9.17, 15) is 13.0 Å². The molecule has 0 amide bonds. The molecule has 6 heteroatoms. The van der Waals surface area contributed by atoms with Crippen LogP contribution in [-0.2, 0) is 10.1 Å². The Morgan fingerprint density at radius 3 is 2.43 bits per heavy atom. The molecule has 0 atom stereocenters. The summed E-state index contributed by atoms with van der Waals surface area (Å²) in [6.45, 7) is 10.9. The third-order valence-corrected chi connectivity index (χ3v) is 5.37. The van der Waals surface area contributed by atoms with Crippen LogP contribution in [0.25, 0.3) is 0 Å². The third kappa shape index (κ3) is 11.3. The molecule has 1 aliphatic rings. The summed E-state index contributed by atoms with van der Waals surface area (Å²) in [7, 11) is -4.19. The quantitative estimate of drug-likeness (QED) is 0.265. The van der Waals surface area contributed by atoms with Crippen molar-refractivity contribution in [1.29, 1.82) is 0 Å². The summed E-state index contributed by atoms with van der Waals surface area (Å²) in [6, 6.07) is 0. The van der Waals surface area contributed by atoms with E-state index in [0.29, 0.717) is 0 Å². The predicted octanol–water partition coefficient (Wildman–Crippen LogP) is 2.14. The van der Waals surface area contributed by atoms with Crippen molar-refractivity contribution in [1.82, 2.24) is 0 Å². The van der Waals surface area contributed by atoms with Crippen LogP contribution < -0.4 is 29.6 Å². The third-order valence-electron chi connectivity index (χ3n) is 4.69. The second-order valence-corrected chi connectivity index (χ2v) is 9.29. The molecule has 0 saturated carbocycles. The Balaban J connectivity index is 0.00000729. The monoisotopic (exact) mass is 413 g/mol. The SMILES string of the molecule is CC1=C(/C=C/C(C)=C/C=C/C(C)=C/C=NCCS(=O)(=O)[O-])C(C)(C)CCC1.[Na+]. The summed E-state index contributed by atoms with van der Waals surface area (Å²) in [4.78, 5) is 3.90. The van der Waals surface area contributed by atoms with Crippen LogP contribution in [0.15, 0.2) is 63.7 Å². The molecule has 0 heterocycles. The van der Waals surface area contributed by atoms with E-state index < -0.39 is 15.9 Å². The van der Waals surface area contributed by atoms with E-state index in [1.165, 1.54) is 42.2 Å². The summed E-state index contributed by atoms with van der Waals surface area (Å²) >= 11 is 0. The second kappa shape index (κ2) is 12.8. The van der Waals surface area contributed by atoms with Gasteiger partial charge in [0.1, 0.15) is 0 Å². The fraction of sp³-hybridized carbons (Fsp3) is 0.500. The van der Waals surface area contributed by atoms with Crippen LogP contribution in [0.3, 0.4) is 0 Å². The van der Waals surface area contributed by atoms with Crippen molar-refractivity contribution in [2.75, 3.05) is 12.3 Å². The minimum Gasteiger partial charge on any atom is -0.748 e. The number of allylic oxidation sites excluding steroid dienone is 10. The number of hydrogen-bond acceptors (Lipinski definition) is 4. The second-order valence-electron chi connectivity index (χ2n) is 7.76. The zero-order chi connectivity index (χ0) is 20.5. The Bertz CT molecular complexity index is 798. The first-order chi connectivity index (χ1) is 12.5. The molecule has 0 bridgehead atoms. The van der Waals surface area contributed by atoms with Gasteiger partial charge in [-0.15, -0.1) is 0 Å². The van der Waals surface area contributed by atoms with Crippen LogP contribution in [0, 0.1) is 5.41 Å². The van der Waals surface area contributed by atoms with Crippen molar-refractivity contribution < 1.29 is 42.5 Å². The van der Waals surface area contributed by atoms with Crippen molar-refractivity contribution in [3.8, 4) is 0 Å². The van der Waals surface area contributed by atoms with Crippen LogP contribution in [-0.4, -0.2) is 31.5 Å². The summed E-state index contributed by atoms with van der Waals surface area (Å²) < 4.78 is 31.4. The van der Waals surface area contributed by atoms with Gasteiger partial charge in [0.25, 0.3) is 0 Å². The number of hydrogen-bond donors (Lipinski definition) is 0. The van der Waals surface area contributed by atoms with Crippen molar-refractivity contribution in [2.24, 2.45) is 10.4 Å².